The summed E-state index contributed by atoms with van der Waals surface area (Å²) in [7, 11) is 0. The van der Waals surface area contributed by atoms with Crippen LogP contribution in [-0.4, -0.2) is 16.1 Å². The van der Waals surface area contributed by atoms with Gasteiger partial charge in [-0.15, -0.1) is 0 Å². The van der Waals surface area contributed by atoms with Gasteiger partial charge in [0, 0.05) is 16.8 Å². The molecule has 0 spiro atoms. The smallest absolute Gasteiger partial charge is 0.256 e. The first-order valence-electron chi connectivity index (χ1n) is 7.31. The van der Waals surface area contributed by atoms with E-state index in [1.165, 1.54) is 5.56 Å². The number of nitrogens with one attached hydrogen (secondary N) is 2. The van der Waals surface area contributed by atoms with Gasteiger partial charge in [-0.05, 0) is 59.3 Å². The highest BCUT2D eigenvalue weighted by Crippen LogP contribution is 2.27. The van der Waals surface area contributed by atoms with Crippen molar-refractivity contribution in [3.63, 3.8) is 0 Å². The van der Waals surface area contributed by atoms with Gasteiger partial charge < -0.3 is 5.32 Å². The average Bonchev–Trinajstić information content (AvgIpc) is 3.27. The summed E-state index contributed by atoms with van der Waals surface area (Å²) in [5.41, 5.74) is 5.26. The van der Waals surface area contributed by atoms with Crippen molar-refractivity contribution in [1.29, 1.82) is 0 Å². The lowest BCUT2D eigenvalue weighted by Gasteiger charge is -2.05. The van der Waals surface area contributed by atoms with Crippen molar-refractivity contribution in [2.75, 3.05) is 5.32 Å². The van der Waals surface area contributed by atoms with Crippen LogP contribution in [0.5, 0.6) is 0 Å². The summed E-state index contributed by atoms with van der Waals surface area (Å²) < 4.78 is 0. The molecule has 3 aromatic rings. The quantitative estimate of drug-likeness (QED) is 0.771. The average molecular weight is 309 g/mol. The number of amides is 1. The van der Waals surface area contributed by atoms with Crippen molar-refractivity contribution in [2.24, 2.45) is 0 Å². The Balaban J connectivity index is 1.53. The van der Waals surface area contributed by atoms with Crippen molar-refractivity contribution < 1.29 is 4.79 Å². The van der Waals surface area contributed by atoms with E-state index in [4.69, 9.17) is 0 Å². The Morgan fingerprint density at radius 2 is 2.00 bits per heavy atom. The highest BCUT2D eigenvalue weighted by atomic mass is 32.1. The molecule has 4 rings (SSSR count). The maximum absolute atomic E-state index is 12.3. The van der Waals surface area contributed by atoms with Gasteiger partial charge in [0.15, 0.2) is 5.82 Å². The predicted octanol–water partition coefficient (Wildman–Crippen LogP) is 3.88. The normalized spacial score (nSPS) is 13.1. The summed E-state index contributed by atoms with van der Waals surface area (Å²) in [6, 6.07) is 9.75. The zero-order valence-corrected chi connectivity index (χ0v) is 12.7. The second-order valence-electron chi connectivity index (χ2n) is 5.43. The fraction of sp³-hybridized carbons (Fsp3) is 0.176. The number of anilines is 1. The van der Waals surface area contributed by atoms with Crippen molar-refractivity contribution >= 4 is 23.1 Å². The van der Waals surface area contributed by atoms with Gasteiger partial charge in [0.25, 0.3) is 5.91 Å². The summed E-state index contributed by atoms with van der Waals surface area (Å²) in [5.74, 6) is 0.567. The van der Waals surface area contributed by atoms with Crippen molar-refractivity contribution in [3.05, 3.63) is 57.9 Å². The molecule has 2 N–H and O–H groups in total. The Hall–Kier alpha value is -2.40. The van der Waals surface area contributed by atoms with Crippen molar-refractivity contribution in [2.45, 2.75) is 19.3 Å². The Labute approximate surface area is 132 Å². The molecule has 1 aliphatic rings. The van der Waals surface area contributed by atoms with Crippen molar-refractivity contribution in [3.8, 4) is 11.1 Å². The van der Waals surface area contributed by atoms with E-state index in [1.54, 1.807) is 11.3 Å². The molecule has 0 atom stereocenters. The highest BCUT2D eigenvalue weighted by Gasteiger charge is 2.20. The number of nitrogens with zero attached hydrogens (tertiary/aromatic N) is 1. The lowest BCUT2D eigenvalue weighted by Crippen LogP contribution is -2.13. The number of aromatic amines is 1. The molecule has 0 radical (unpaired) electrons. The second-order valence-corrected chi connectivity index (χ2v) is 6.21. The summed E-state index contributed by atoms with van der Waals surface area (Å²) in [6.45, 7) is 0. The number of H-pyrrole nitrogens is 1. The molecular formula is C17H15N3OS. The van der Waals surface area contributed by atoms with Crippen LogP contribution >= 0.6 is 11.3 Å². The van der Waals surface area contributed by atoms with E-state index >= 15 is 0 Å². The molecule has 0 aliphatic heterocycles. The number of carbonyl (C=O) groups excluding carboxylic acids is 1. The van der Waals surface area contributed by atoms with E-state index in [-0.39, 0.29) is 5.91 Å². The largest absolute Gasteiger partial charge is 0.305 e. The lowest BCUT2D eigenvalue weighted by atomic mass is 10.1. The maximum Gasteiger partial charge on any atom is 0.256 e. The Bertz CT molecular complexity index is 803. The van der Waals surface area contributed by atoms with Crippen LogP contribution in [-0.2, 0) is 12.8 Å². The Morgan fingerprint density at radius 1 is 1.14 bits per heavy atom. The van der Waals surface area contributed by atoms with Crippen LogP contribution in [0.25, 0.3) is 11.1 Å². The number of fused-ring (bicyclic) bond motifs is 1. The molecule has 0 saturated carbocycles. The number of benzene rings is 1. The Kier molecular flexibility index (Phi) is 3.27. The summed E-state index contributed by atoms with van der Waals surface area (Å²) >= 11 is 1.67. The van der Waals surface area contributed by atoms with Gasteiger partial charge in [0.2, 0.25) is 0 Å². The van der Waals surface area contributed by atoms with Gasteiger partial charge in [0.05, 0.1) is 0 Å². The zero-order chi connectivity index (χ0) is 14.9. The van der Waals surface area contributed by atoms with Crippen LogP contribution < -0.4 is 5.32 Å². The fourth-order valence-corrected chi connectivity index (χ4v) is 3.51. The van der Waals surface area contributed by atoms with E-state index in [2.05, 4.69) is 27.0 Å². The standard InChI is InChI=1S/C17H15N3OS/c21-17(18-16-14-2-1-3-15(14)19-20-16)12-6-4-11(5-7-12)13-8-9-22-10-13/h4-10H,1-3H2,(H2,18,19,20,21). The molecule has 1 amide bonds. The van der Waals surface area contributed by atoms with Crippen LogP contribution in [0.3, 0.4) is 0 Å². The number of hydrogen-bond acceptors (Lipinski definition) is 3. The molecular weight excluding hydrogens is 294 g/mol. The Morgan fingerprint density at radius 3 is 2.77 bits per heavy atom. The molecule has 1 aliphatic carbocycles. The van der Waals surface area contributed by atoms with Gasteiger partial charge in [-0.2, -0.15) is 16.4 Å². The highest BCUT2D eigenvalue weighted by molar-refractivity contribution is 7.08. The van der Waals surface area contributed by atoms with Gasteiger partial charge in [-0.1, -0.05) is 12.1 Å². The topological polar surface area (TPSA) is 57.8 Å². The van der Waals surface area contributed by atoms with Crippen molar-refractivity contribution in [1.82, 2.24) is 10.2 Å². The van der Waals surface area contributed by atoms with E-state index in [0.717, 1.165) is 36.1 Å². The number of thiophene rings is 1. The molecule has 1 aromatic carbocycles. The molecule has 2 heterocycles. The SMILES string of the molecule is O=C(Nc1n[nH]c2c1CCC2)c1ccc(-c2ccsc2)cc1. The molecule has 4 nitrogen and oxygen atoms in total. The summed E-state index contributed by atoms with van der Waals surface area (Å²) in [4.78, 5) is 12.3. The molecule has 0 bridgehead atoms. The van der Waals surface area contributed by atoms with Gasteiger partial charge >= 0.3 is 0 Å². The maximum atomic E-state index is 12.3. The van der Waals surface area contributed by atoms with E-state index in [0.29, 0.717) is 11.4 Å². The van der Waals surface area contributed by atoms with Gasteiger partial charge in [0.1, 0.15) is 0 Å². The molecule has 2 aromatic heterocycles. The van der Waals surface area contributed by atoms with E-state index in [1.807, 2.05) is 29.6 Å². The predicted molar refractivity (Wildman–Crippen MR) is 88.3 cm³/mol. The number of aromatic nitrogens is 2. The summed E-state index contributed by atoms with van der Waals surface area (Å²) in [5, 5.41) is 14.3. The van der Waals surface area contributed by atoms with E-state index < -0.39 is 0 Å². The minimum atomic E-state index is -0.113. The van der Waals surface area contributed by atoms with Crippen LogP contribution in [0.2, 0.25) is 0 Å². The third-order valence-corrected chi connectivity index (χ3v) is 4.72. The molecule has 0 unspecified atom stereocenters. The number of rotatable bonds is 3. The van der Waals surface area contributed by atoms with Gasteiger partial charge in [-0.25, -0.2) is 0 Å². The summed E-state index contributed by atoms with van der Waals surface area (Å²) in [6.07, 6.45) is 3.13. The fourth-order valence-electron chi connectivity index (χ4n) is 2.85. The number of hydrogen-bond donors (Lipinski definition) is 2. The van der Waals surface area contributed by atoms with E-state index in [9.17, 15) is 4.79 Å². The van der Waals surface area contributed by atoms with Crippen LogP contribution in [0.4, 0.5) is 5.82 Å². The van der Waals surface area contributed by atoms with Crippen LogP contribution in [0.15, 0.2) is 41.1 Å². The second kappa shape index (κ2) is 5.42. The molecule has 5 heteroatoms. The third-order valence-electron chi connectivity index (χ3n) is 4.04. The molecule has 22 heavy (non-hydrogen) atoms. The first-order chi connectivity index (χ1) is 10.8. The van der Waals surface area contributed by atoms with Gasteiger partial charge in [-0.3, -0.25) is 9.89 Å². The zero-order valence-electron chi connectivity index (χ0n) is 11.9. The van der Waals surface area contributed by atoms with Crippen LogP contribution in [0, 0.1) is 0 Å². The number of carbonyl (C=O) groups is 1. The first kappa shape index (κ1) is 13.3. The molecule has 0 fully saturated rings. The molecule has 0 saturated heterocycles. The van der Waals surface area contributed by atoms with Crippen LogP contribution in [0.1, 0.15) is 28.0 Å². The monoisotopic (exact) mass is 309 g/mol. The number of aryl methyl sites for hydroxylation is 1. The third kappa shape index (κ3) is 2.33. The first-order valence-corrected chi connectivity index (χ1v) is 8.25. The molecule has 110 valence electrons. The minimum Gasteiger partial charge on any atom is -0.305 e. The minimum absolute atomic E-state index is 0.113. The lowest BCUT2D eigenvalue weighted by molar-refractivity contribution is 0.102.